The van der Waals surface area contributed by atoms with E-state index in [1.54, 1.807) is 36.0 Å². The van der Waals surface area contributed by atoms with Crippen LogP contribution in [0.25, 0.3) is 11.0 Å². The number of imidazole rings is 1. The number of nitrogens with one attached hydrogen (secondary N) is 1. The lowest BCUT2D eigenvalue weighted by atomic mass is 10.0. The van der Waals surface area contributed by atoms with E-state index in [1.165, 1.54) is 30.5 Å². The number of carbonyl (C=O) groups is 1. The van der Waals surface area contributed by atoms with Gasteiger partial charge in [0.25, 0.3) is 0 Å². The number of nitrogens with zero attached hydrogens (tertiary/aromatic N) is 3. The molecular formula is C23H27FN4O3S2. The van der Waals surface area contributed by atoms with Crippen LogP contribution in [0, 0.1) is 5.82 Å². The first-order valence-electron chi connectivity index (χ1n) is 10.8. The summed E-state index contributed by atoms with van der Waals surface area (Å²) in [6, 6.07) is 9.43. The van der Waals surface area contributed by atoms with Gasteiger partial charge in [0.1, 0.15) is 11.6 Å². The number of thioether (sulfide) groups is 1. The van der Waals surface area contributed by atoms with Crippen LogP contribution in [0.3, 0.4) is 0 Å². The lowest BCUT2D eigenvalue weighted by Crippen LogP contribution is -2.31. The summed E-state index contributed by atoms with van der Waals surface area (Å²) in [5, 5.41) is 3.04. The van der Waals surface area contributed by atoms with Gasteiger partial charge in [0.2, 0.25) is 15.9 Å². The molecule has 33 heavy (non-hydrogen) atoms. The number of fused-ring (bicyclic) bond motifs is 2. The van der Waals surface area contributed by atoms with Gasteiger partial charge in [0.05, 0.1) is 22.0 Å². The average Bonchev–Trinajstić information content (AvgIpc) is 3.14. The van der Waals surface area contributed by atoms with Crippen molar-refractivity contribution in [1.29, 1.82) is 0 Å². The maximum atomic E-state index is 13.7. The molecule has 2 aromatic carbocycles. The highest BCUT2D eigenvalue weighted by atomic mass is 32.2. The zero-order valence-corrected chi connectivity index (χ0v) is 20.5. The summed E-state index contributed by atoms with van der Waals surface area (Å²) in [6.07, 6.45) is 1.41. The molecule has 0 saturated carbocycles. The van der Waals surface area contributed by atoms with Crippen LogP contribution in [0.1, 0.15) is 37.2 Å². The first kappa shape index (κ1) is 23.7. The van der Waals surface area contributed by atoms with E-state index >= 15 is 0 Å². The monoisotopic (exact) mass is 490 g/mol. The molecule has 1 unspecified atom stereocenters. The third-order valence-electron chi connectivity index (χ3n) is 5.82. The van der Waals surface area contributed by atoms with E-state index in [9.17, 15) is 17.6 Å². The Balaban J connectivity index is 1.50. The van der Waals surface area contributed by atoms with Crippen molar-refractivity contribution >= 4 is 38.7 Å². The van der Waals surface area contributed by atoms with Gasteiger partial charge in [-0.05, 0) is 55.3 Å². The van der Waals surface area contributed by atoms with Gasteiger partial charge < -0.3 is 9.88 Å². The van der Waals surface area contributed by atoms with Crippen LogP contribution in [0.4, 0.5) is 4.39 Å². The number of amides is 1. The van der Waals surface area contributed by atoms with Gasteiger partial charge in [-0.1, -0.05) is 0 Å². The summed E-state index contributed by atoms with van der Waals surface area (Å²) in [5.74, 6) is 1.18. The highest BCUT2D eigenvalue weighted by molar-refractivity contribution is 7.99. The van der Waals surface area contributed by atoms with Crippen LogP contribution in [0.2, 0.25) is 0 Å². The number of sulfonamides is 1. The second-order valence-corrected chi connectivity index (χ2v) is 11.4. The number of hydrogen-bond donors (Lipinski definition) is 1. The predicted octanol–water partition coefficient (Wildman–Crippen LogP) is 3.73. The smallest absolute Gasteiger partial charge is 0.242 e. The quantitative estimate of drug-likeness (QED) is 0.546. The first-order chi connectivity index (χ1) is 15.7. The summed E-state index contributed by atoms with van der Waals surface area (Å²) in [4.78, 5) is 18.5. The molecule has 0 fully saturated rings. The maximum absolute atomic E-state index is 13.7. The number of halogens is 1. The zero-order valence-electron chi connectivity index (χ0n) is 18.8. The molecule has 1 aromatic heterocycles. The molecule has 0 radical (unpaired) electrons. The summed E-state index contributed by atoms with van der Waals surface area (Å²) < 4.78 is 41.8. The highest BCUT2D eigenvalue weighted by Gasteiger charge is 2.24. The Bertz CT molecular complexity index is 1300. The molecule has 2 heterocycles. The van der Waals surface area contributed by atoms with Crippen molar-refractivity contribution in [3.8, 4) is 0 Å². The predicted molar refractivity (Wildman–Crippen MR) is 127 cm³/mol. The van der Waals surface area contributed by atoms with Gasteiger partial charge >= 0.3 is 0 Å². The minimum atomic E-state index is -3.56. The standard InChI is InChI=1S/C23H27FN4O3S2/c1-4-28-20-7-6-16(33(30,31)27(2)3)14-19(20)25-22(28)9-10-23(29)26-18-11-12-32-21-8-5-15(24)13-17(18)21/h5-8,13-14,18H,4,9-12H2,1-3H3,(H,26,29). The fourth-order valence-corrected chi connectivity index (χ4v) is 6.11. The Morgan fingerprint density at radius 3 is 2.79 bits per heavy atom. The van der Waals surface area contributed by atoms with E-state index in [2.05, 4.69) is 10.3 Å². The van der Waals surface area contributed by atoms with E-state index < -0.39 is 10.0 Å². The van der Waals surface area contributed by atoms with Crippen LogP contribution >= 0.6 is 11.8 Å². The van der Waals surface area contributed by atoms with Crippen molar-refractivity contribution in [3.63, 3.8) is 0 Å². The number of carbonyl (C=O) groups excluding carboxylic acids is 1. The Labute approximate surface area is 197 Å². The topological polar surface area (TPSA) is 84.3 Å². The van der Waals surface area contributed by atoms with Gasteiger partial charge in [-0.3, -0.25) is 4.79 Å². The van der Waals surface area contributed by atoms with Gasteiger partial charge in [-0.25, -0.2) is 22.1 Å². The molecule has 1 amide bonds. The zero-order chi connectivity index (χ0) is 23.8. The molecule has 10 heteroatoms. The van der Waals surface area contributed by atoms with Crippen molar-refractivity contribution in [2.45, 2.75) is 48.6 Å². The first-order valence-corrected chi connectivity index (χ1v) is 13.3. The minimum absolute atomic E-state index is 0.118. The fourth-order valence-electron chi connectivity index (χ4n) is 4.08. The fraction of sp³-hybridized carbons (Fsp3) is 0.391. The minimum Gasteiger partial charge on any atom is -0.349 e. The maximum Gasteiger partial charge on any atom is 0.242 e. The van der Waals surface area contributed by atoms with E-state index in [1.807, 2.05) is 11.5 Å². The van der Waals surface area contributed by atoms with Crippen LogP contribution in [0.15, 0.2) is 46.2 Å². The molecule has 0 spiro atoms. The number of rotatable bonds is 7. The molecule has 0 bridgehead atoms. The van der Waals surface area contributed by atoms with Gasteiger partial charge in [-0.15, -0.1) is 11.8 Å². The molecule has 3 aromatic rings. The second-order valence-electron chi connectivity index (χ2n) is 8.15. The Morgan fingerprint density at radius 2 is 2.06 bits per heavy atom. The number of aryl methyl sites for hydroxylation is 2. The third-order valence-corrected chi connectivity index (χ3v) is 8.75. The number of aromatic nitrogens is 2. The van der Waals surface area contributed by atoms with Crippen LogP contribution in [-0.2, 0) is 27.8 Å². The van der Waals surface area contributed by atoms with Gasteiger partial charge in [0, 0.05) is 44.1 Å². The molecule has 0 saturated heterocycles. The third kappa shape index (κ3) is 4.78. The molecule has 0 aliphatic carbocycles. The van der Waals surface area contributed by atoms with E-state index in [4.69, 9.17) is 0 Å². The largest absolute Gasteiger partial charge is 0.349 e. The van der Waals surface area contributed by atoms with Gasteiger partial charge in [-0.2, -0.15) is 0 Å². The number of hydrogen-bond acceptors (Lipinski definition) is 5. The average molecular weight is 491 g/mol. The normalized spacial score (nSPS) is 16.2. The van der Waals surface area contributed by atoms with Crippen molar-refractivity contribution < 1.29 is 17.6 Å². The molecule has 176 valence electrons. The molecule has 1 aliphatic heterocycles. The van der Waals surface area contributed by atoms with E-state index in [0.29, 0.717) is 18.5 Å². The Kier molecular flexibility index (Phi) is 6.78. The van der Waals surface area contributed by atoms with Crippen molar-refractivity contribution in [2.75, 3.05) is 19.8 Å². The van der Waals surface area contributed by atoms with Crippen LogP contribution < -0.4 is 5.32 Å². The summed E-state index contributed by atoms with van der Waals surface area (Å²) in [6.45, 7) is 2.64. The molecule has 1 aliphatic rings. The van der Waals surface area contributed by atoms with Crippen LogP contribution in [0.5, 0.6) is 0 Å². The Hall–Kier alpha value is -2.43. The lowest BCUT2D eigenvalue weighted by Gasteiger charge is -2.26. The highest BCUT2D eigenvalue weighted by Crippen LogP contribution is 2.36. The summed E-state index contributed by atoms with van der Waals surface area (Å²) >= 11 is 1.67. The van der Waals surface area contributed by atoms with Gasteiger partial charge in [0.15, 0.2) is 0 Å². The number of benzene rings is 2. The molecule has 7 nitrogen and oxygen atoms in total. The molecule has 1 atom stereocenters. The van der Waals surface area contributed by atoms with E-state index in [-0.39, 0.29) is 29.1 Å². The second kappa shape index (κ2) is 9.44. The lowest BCUT2D eigenvalue weighted by molar-refractivity contribution is -0.121. The SMILES string of the molecule is CCn1c(CCC(=O)NC2CCSc3ccc(F)cc32)nc2cc(S(=O)(=O)N(C)C)ccc21. The molecular weight excluding hydrogens is 463 g/mol. The molecule has 4 rings (SSSR count). The van der Waals surface area contributed by atoms with Crippen molar-refractivity contribution in [3.05, 3.63) is 53.6 Å². The summed E-state index contributed by atoms with van der Waals surface area (Å²) in [5.41, 5.74) is 2.25. The summed E-state index contributed by atoms with van der Waals surface area (Å²) in [7, 11) is -0.573. The molecule has 1 N–H and O–H groups in total. The Morgan fingerprint density at radius 1 is 1.27 bits per heavy atom. The van der Waals surface area contributed by atoms with Crippen molar-refractivity contribution in [2.24, 2.45) is 0 Å². The van der Waals surface area contributed by atoms with Crippen molar-refractivity contribution in [1.82, 2.24) is 19.2 Å². The van der Waals surface area contributed by atoms with E-state index in [0.717, 1.165) is 34.0 Å². The van der Waals surface area contributed by atoms with Crippen LogP contribution in [-0.4, -0.2) is 48.0 Å².